The maximum atomic E-state index is 4.94. The molecule has 5 rings (SSSR count). The Morgan fingerprint density at radius 1 is 0.447 bits per heavy atom. The van der Waals surface area contributed by atoms with Gasteiger partial charge in [0.2, 0.25) is 0 Å². The number of hydrogen-bond acceptors (Lipinski definition) is 2. The summed E-state index contributed by atoms with van der Waals surface area (Å²) in [6.45, 7) is 2.00. The largest absolute Gasteiger partial charge is 2.00 e. The van der Waals surface area contributed by atoms with Gasteiger partial charge in [0.25, 0.3) is 0 Å². The third-order valence-electron chi connectivity index (χ3n) is 6.21. The molecule has 5 heteroatoms. The number of benzene rings is 5. The van der Waals surface area contributed by atoms with Crippen LogP contribution < -0.4 is 21.2 Å². The molecule has 5 aromatic rings. The second kappa shape index (κ2) is 16.1. The van der Waals surface area contributed by atoms with E-state index in [0.29, 0.717) is 0 Å². The van der Waals surface area contributed by atoms with Crippen LogP contribution >= 0.6 is 15.8 Å². The molecule has 38 heavy (non-hydrogen) atoms. The van der Waals surface area contributed by atoms with Crippen LogP contribution in [0.5, 0.6) is 0 Å². The zero-order valence-electron chi connectivity index (χ0n) is 21.3. The summed E-state index contributed by atoms with van der Waals surface area (Å²) in [5, 5.41) is 6.06. The van der Waals surface area contributed by atoms with Crippen molar-refractivity contribution < 1.29 is 16.5 Å². The quantitative estimate of drug-likeness (QED) is 0.117. The molecule has 0 amide bonds. The average molecular weight is 613 g/mol. The van der Waals surface area contributed by atoms with Crippen molar-refractivity contribution >= 4 is 62.3 Å². The van der Waals surface area contributed by atoms with Gasteiger partial charge >= 0.3 is 16.5 Å². The van der Waals surface area contributed by atoms with E-state index in [1.807, 2.05) is 25.1 Å². The first-order valence-corrected chi connectivity index (χ1v) is 16.7. The van der Waals surface area contributed by atoms with Gasteiger partial charge < -0.3 is 25.3 Å². The van der Waals surface area contributed by atoms with Gasteiger partial charge in [-0.05, 0) is 55.5 Å². The molecule has 0 aliphatic carbocycles. The van der Waals surface area contributed by atoms with Crippen LogP contribution in [0.15, 0.2) is 149 Å². The molecule has 0 aliphatic heterocycles. The van der Waals surface area contributed by atoms with E-state index < -0.39 is 15.8 Å². The van der Waals surface area contributed by atoms with Crippen molar-refractivity contribution in [2.45, 2.75) is 16.7 Å². The van der Waals surface area contributed by atoms with E-state index in [1.54, 1.807) is 0 Å². The summed E-state index contributed by atoms with van der Waals surface area (Å²) >= 11 is 9.85. The third kappa shape index (κ3) is 8.98. The molecule has 0 bridgehead atoms. The molecule has 0 atom stereocenters. The first kappa shape index (κ1) is 30.4. The minimum atomic E-state index is -0.783. The summed E-state index contributed by atoms with van der Waals surface area (Å²) in [5.41, 5.74) is 1.17. The van der Waals surface area contributed by atoms with Gasteiger partial charge in [-0.2, -0.15) is 9.79 Å². The van der Waals surface area contributed by atoms with Crippen LogP contribution in [-0.4, -0.2) is 12.3 Å². The van der Waals surface area contributed by atoms with E-state index in [2.05, 4.69) is 121 Å². The van der Waals surface area contributed by atoms with Gasteiger partial charge in [0, 0.05) is 0 Å². The number of hydrogen-bond donors (Lipinski definition) is 0. The first-order valence-electron chi connectivity index (χ1n) is 12.5. The normalized spacial score (nSPS) is 10.4. The van der Waals surface area contributed by atoms with Gasteiger partial charge in [-0.25, -0.2) is 0 Å². The van der Waals surface area contributed by atoms with E-state index in [0.717, 1.165) is 9.79 Å². The molecule has 0 nitrogen and oxygen atoms in total. The van der Waals surface area contributed by atoms with Crippen molar-refractivity contribution in [1.29, 1.82) is 0 Å². The second-order valence-corrected chi connectivity index (χ2v) is 15.0. The monoisotopic (exact) mass is 612 g/mol. The van der Waals surface area contributed by atoms with Gasteiger partial charge in [0.05, 0.1) is 37.1 Å². The molecule has 0 fully saturated rings. The maximum Gasteiger partial charge on any atom is 2.00 e. The minimum Gasteiger partial charge on any atom is -0.781 e. The Morgan fingerprint density at radius 3 is 1.03 bits per heavy atom. The van der Waals surface area contributed by atoms with E-state index >= 15 is 0 Å². The fraction of sp³-hybridized carbons (Fsp3) is 0.0909. The van der Waals surface area contributed by atoms with Gasteiger partial charge in [-0.15, -0.1) is 0 Å². The van der Waals surface area contributed by atoms with Gasteiger partial charge in [0.1, 0.15) is 12.3 Å². The van der Waals surface area contributed by atoms with Crippen molar-refractivity contribution in [3.05, 3.63) is 145 Å². The molecule has 0 unspecified atom stereocenters. The first-order chi connectivity index (χ1) is 18.1. The van der Waals surface area contributed by atoms with Crippen molar-refractivity contribution in [2.75, 3.05) is 12.3 Å². The summed E-state index contributed by atoms with van der Waals surface area (Å²) in [5.74, 6) is 0. The summed E-state index contributed by atoms with van der Waals surface area (Å²) < 4.78 is 0. The fourth-order valence-corrected chi connectivity index (χ4v) is 10.9. The summed E-state index contributed by atoms with van der Waals surface area (Å²) in [6.07, 6.45) is 2.52. The Kier molecular flexibility index (Phi) is 12.9. The molecule has 0 aliphatic rings. The molecule has 0 radical (unpaired) electrons. The number of aryl methyl sites for hydroxylation is 1. The average Bonchev–Trinajstić information content (AvgIpc) is 2.96. The van der Waals surface area contributed by atoms with Crippen molar-refractivity contribution in [1.82, 2.24) is 0 Å². The van der Waals surface area contributed by atoms with Gasteiger partial charge in [-0.3, -0.25) is 0 Å². The Morgan fingerprint density at radius 2 is 0.763 bits per heavy atom. The topological polar surface area (TPSA) is 0 Å². The van der Waals surface area contributed by atoms with Crippen LogP contribution in [0.25, 0.3) is 0 Å². The van der Waals surface area contributed by atoms with E-state index in [9.17, 15) is 0 Å². The second-order valence-electron chi connectivity index (χ2n) is 8.87. The molecule has 0 aromatic heterocycles. The molecular weight excluding hydrogens is 581 g/mol. The number of rotatable bonds is 7. The van der Waals surface area contributed by atoms with E-state index in [4.69, 9.17) is 25.3 Å². The Bertz CT molecular complexity index is 1190. The van der Waals surface area contributed by atoms with Crippen molar-refractivity contribution in [3.8, 4) is 0 Å². The smallest absolute Gasteiger partial charge is 0.781 e. The molecule has 0 heterocycles. The van der Waals surface area contributed by atoms with E-state index in [-0.39, 0.29) is 16.5 Å². The molecule has 194 valence electrons. The standard InChI is InChI=1S/C26H24P2.C7H8S2.Ni/c1-5-13-23(14-6-1)27(24-15-7-2-8-16-24)21-22-28(25-17-9-3-10-18-25)26-19-11-4-12-20-26;1-5-2-3-6(8)7(9)4-5;/h1-20H,21-22H2;2-4,8-9H,1H3;/q;;+2. The predicted octanol–water partition coefficient (Wildman–Crippen LogP) is 6.52. The van der Waals surface area contributed by atoms with Crippen LogP contribution in [-0.2, 0) is 41.7 Å². The summed E-state index contributed by atoms with van der Waals surface area (Å²) in [7, 11) is -1.57. The zero-order chi connectivity index (χ0) is 25.9. The SMILES string of the molecule is Cc1ccc([S-])c([S-])c1.[Ni+2].c1ccc([PH+](CC[PH+](c2ccccc2)c2ccccc2)c2ccccc2)cc1. The maximum absolute atomic E-state index is 4.94. The van der Waals surface area contributed by atoms with E-state index in [1.165, 1.54) is 39.1 Å². The Labute approximate surface area is 251 Å². The Balaban J connectivity index is 0.000000341. The minimum absolute atomic E-state index is 0. The zero-order valence-corrected chi connectivity index (χ0v) is 25.9. The molecule has 0 saturated heterocycles. The predicted molar refractivity (Wildman–Crippen MR) is 173 cm³/mol. The van der Waals surface area contributed by atoms with Gasteiger partial charge in [-0.1, -0.05) is 96.6 Å². The van der Waals surface area contributed by atoms with Crippen LogP contribution in [0.4, 0.5) is 0 Å². The molecule has 0 spiro atoms. The third-order valence-corrected chi connectivity index (χ3v) is 13.2. The molecule has 0 N–H and O–H groups in total. The molecule has 0 saturated carbocycles. The van der Waals surface area contributed by atoms with Crippen LogP contribution in [0.1, 0.15) is 5.56 Å². The van der Waals surface area contributed by atoms with Gasteiger partial charge in [0.15, 0.2) is 0 Å². The fourth-order valence-electron chi connectivity index (χ4n) is 4.33. The van der Waals surface area contributed by atoms with Crippen molar-refractivity contribution in [3.63, 3.8) is 0 Å². The van der Waals surface area contributed by atoms with Crippen LogP contribution in [0, 0.1) is 6.92 Å². The summed E-state index contributed by atoms with van der Waals surface area (Å²) in [4.78, 5) is 1.56. The van der Waals surface area contributed by atoms with Crippen LogP contribution in [0.2, 0.25) is 0 Å². The van der Waals surface area contributed by atoms with Crippen LogP contribution in [0.3, 0.4) is 0 Å². The molecular formula is C33H32NiP2S2+2. The van der Waals surface area contributed by atoms with Crippen molar-refractivity contribution in [2.24, 2.45) is 0 Å². The Hall–Kier alpha value is -2.11. The molecule has 5 aromatic carbocycles. The summed E-state index contributed by atoms with van der Waals surface area (Å²) in [6, 6.07) is 50.3.